The maximum Gasteiger partial charge on any atom is 0.340 e. The first-order valence-electron chi connectivity index (χ1n) is 4.33. The van der Waals surface area contributed by atoms with Crippen molar-refractivity contribution in [1.82, 2.24) is 9.55 Å². The highest BCUT2D eigenvalue weighted by molar-refractivity contribution is 5.73. The highest BCUT2D eigenvalue weighted by Gasteiger charge is 2.27. The Bertz CT molecular complexity index is 385. The second kappa shape index (κ2) is 2.98. The SMILES string of the molecule is Cc1nc(C(O)C(=O)O)n2c1NCC2. The van der Waals surface area contributed by atoms with E-state index in [2.05, 4.69) is 10.3 Å². The molecule has 3 N–H and O–H groups in total. The predicted octanol–water partition coefficient (Wildman–Crippen LogP) is -0.265. The average Bonchev–Trinajstić information content (AvgIpc) is 2.68. The Kier molecular flexibility index (Phi) is 1.92. The zero-order chi connectivity index (χ0) is 10.3. The van der Waals surface area contributed by atoms with Gasteiger partial charge in [-0.05, 0) is 6.92 Å². The normalized spacial score (nSPS) is 16.1. The number of anilines is 1. The maximum atomic E-state index is 10.6. The molecule has 2 heterocycles. The van der Waals surface area contributed by atoms with Crippen LogP contribution in [-0.4, -0.2) is 32.3 Å². The number of aliphatic hydroxyl groups excluding tert-OH is 1. The van der Waals surface area contributed by atoms with Crippen LogP contribution in [0.1, 0.15) is 17.6 Å². The van der Waals surface area contributed by atoms with Crippen molar-refractivity contribution in [2.45, 2.75) is 19.6 Å². The Morgan fingerprint density at radius 2 is 2.43 bits per heavy atom. The number of hydrogen-bond donors (Lipinski definition) is 3. The molecule has 0 radical (unpaired) electrons. The fourth-order valence-corrected chi connectivity index (χ4v) is 1.65. The number of aromatic nitrogens is 2. The first-order valence-corrected chi connectivity index (χ1v) is 4.33. The Balaban J connectivity index is 2.44. The Morgan fingerprint density at radius 1 is 1.71 bits per heavy atom. The van der Waals surface area contributed by atoms with Gasteiger partial charge in [-0.15, -0.1) is 0 Å². The molecule has 0 aromatic carbocycles. The molecule has 0 saturated carbocycles. The number of imidazole rings is 1. The van der Waals surface area contributed by atoms with E-state index >= 15 is 0 Å². The monoisotopic (exact) mass is 197 g/mol. The van der Waals surface area contributed by atoms with Gasteiger partial charge < -0.3 is 20.1 Å². The van der Waals surface area contributed by atoms with Gasteiger partial charge in [0.05, 0.1) is 5.69 Å². The van der Waals surface area contributed by atoms with E-state index in [9.17, 15) is 9.90 Å². The van der Waals surface area contributed by atoms with Crippen molar-refractivity contribution in [2.24, 2.45) is 0 Å². The fourth-order valence-electron chi connectivity index (χ4n) is 1.65. The summed E-state index contributed by atoms with van der Waals surface area (Å²) in [5.41, 5.74) is 0.720. The van der Waals surface area contributed by atoms with Crippen molar-refractivity contribution in [3.8, 4) is 0 Å². The smallest absolute Gasteiger partial charge is 0.340 e. The number of fused-ring (bicyclic) bond motifs is 1. The van der Waals surface area contributed by atoms with Gasteiger partial charge >= 0.3 is 5.97 Å². The highest BCUT2D eigenvalue weighted by Crippen LogP contribution is 2.25. The van der Waals surface area contributed by atoms with Gasteiger partial charge in [0.1, 0.15) is 5.82 Å². The molecule has 1 aromatic heterocycles. The van der Waals surface area contributed by atoms with Crippen LogP contribution in [0.5, 0.6) is 0 Å². The number of carboxylic acid groups (broad SMARTS) is 1. The molecule has 0 bridgehead atoms. The Hall–Kier alpha value is -1.56. The largest absolute Gasteiger partial charge is 0.479 e. The molecule has 1 aromatic rings. The standard InChI is InChI=1S/C8H11N3O3/c1-4-6-9-2-3-11(6)7(10-4)5(12)8(13)14/h5,9,12H,2-3H2,1H3,(H,13,14). The molecule has 0 fully saturated rings. The van der Waals surface area contributed by atoms with Crippen molar-refractivity contribution in [2.75, 3.05) is 11.9 Å². The number of rotatable bonds is 2. The van der Waals surface area contributed by atoms with Crippen molar-refractivity contribution in [3.63, 3.8) is 0 Å². The number of nitrogens with zero attached hydrogens (tertiary/aromatic N) is 2. The van der Waals surface area contributed by atoms with Crippen LogP contribution in [-0.2, 0) is 11.3 Å². The van der Waals surface area contributed by atoms with E-state index in [4.69, 9.17) is 5.11 Å². The van der Waals surface area contributed by atoms with Gasteiger partial charge in [0, 0.05) is 13.1 Å². The van der Waals surface area contributed by atoms with Crippen LogP contribution in [0.4, 0.5) is 5.82 Å². The third-order valence-electron chi connectivity index (χ3n) is 2.28. The van der Waals surface area contributed by atoms with Crippen LogP contribution < -0.4 is 5.32 Å². The van der Waals surface area contributed by atoms with Crippen LogP contribution in [0.15, 0.2) is 0 Å². The number of nitrogens with one attached hydrogen (secondary N) is 1. The molecule has 1 atom stereocenters. The van der Waals surface area contributed by atoms with Gasteiger partial charge in [0.25, 0.3) is 0 Å². The molecule has 6 heteroatoms. The molecule has 76 valence electrons. The molecule has 0 saturated heterocycles. The van der Waals surface area contributed by atoms with Gasteiger partial charge in [-0.3, -0.25) is 0 Å². The second-order valence-corrected chi connectivity index (χ2v) is 3.22. The summed E-state index contributed by atoms with van der Waals surface area (Å²) in [6.45, 7) is 3.18. The van der Waals surface area contributed by atoms with Crippen molar-refractivity contribution in [3.05, 3.63) is 11.5 Å². The summed E-state index contributed by atoms with van der Waals surface area (Å²) in [6, 6.07) is 0. The molecule has 1 aliphatic heterocycles. The lowest BCUT2D eigenvalue weighted by Gasteiger charge is -2.05. The molecule has 2 rings (SSSR count). The number of aliphatic hydroxyl groups is 1. The molecular weight excluding hydrogens is 186 g/mol. The van der Waals surface area contributed by atoms with Gasteiger partial charge in [-0.1, -0.05) is 0 Å². The zero-order valence-corrected chi connectivity index (χ0v) is 7.69. The predicted molar refractivity (Wildman–Crippen MR) is 48.0 cm³/mol. The van der Waals surface area contributed by atoms with Crippen LogP contribution in [0.2, 0.25) is 0 Å². The minimum absolute atomic E-state index is 0.204. The van der Waals surface area contributed by atoms with Gasteiger partial charge in [-0.25, -0.2) is 9.78 Å². The van der Waals surface area contributed by atoms with E-state index in [1.807, 2.05) is 0 Å². The quantitative estimate of drug-likeness (QED) is 0.607. The van der Waals surface area contributed by atoms with Crippen LogP contribution in [0.3, 0.4) is 0 Å². The third-order valence-corrected chi connectivity index (χ3v) is 2.28. The lowest BCUT2D eigenvalue weighted by atomic mass is 10.3. The fraction of sp³-hybridized carbons (Fsp3) is 0.500. The summed E-state index contributed by atoms with van der Waals surface area (Å²) in [5, 5.41) is 21.1. The van der Waals surface area contributed by atoms with E-state index in [1.165, 1.54) is 0 Å². The molecule has 1 unspecified atom stereocenters. The topological polar surface area (TPSA) is 87.4 Å². The third kappa shape index (κ3) is 1.15. The van der Waals surface area contributed by atoms with E-state index in [1.54, 1.807) is 11.5 Å². The van der Waals surface area contributed by atoms with Crippen LogP contribution >= 0.6 is 0 Å². The Morgan fingerprint density at radius 3 is 3.07 bits per heavy atom. The van der Waals surface area contributed by atoms with Gasteiger partial charge in [0.2, 0.25) is 6.10 Å². The van der Waals surface area contributed by atoms with Crippen molar-refractivity contribution < 1.29 is 15.0 Å². The van der Waals surface area contributed by atoms with Crippen molar-refractivity contribution >= 4 is 11.8 Å². The van der Waals surface area contributed by atoms with E-state index < -0.39 is 12.1 Å². The Labute approximate surface area is 80.2 Å². The van der Waals surface area contributed by atoms with Gasteiger partial charge in [0.15, 0.2) is 5.82 Å². The van der Waals surface area contributed by atoms with E-state index in [0.717, 1.165) is 18.1 Å². The zero-order valence-electron chi connectivity index (χ0n) is 7.69. The molecular formula is C8H11N3O3. The summed E-state index contributed by atoms with van der Waals surface area (Å²) >= 11 is 0. The number of aryl methyl sites for hydroxylation is 1. The summed E-state index contributed by atoms with van der Waals surface area (Å²) < 4.78 is 1.70. The first-order chi connectivity index (χ1) is 6.61. The lowest BCUT2D eigenvalue weighted by molar-refractivity contribution is -0.147. The lowest BCUT2D eigenvalue weighted by Crippen LogP contribution is -2.16. The second-order valence-electron chi connectivity index (χ2n) is 3.22. The molecule has 0 aliphatic carbocycles. The molecule has 0 amide bonds. The summed E-state index contributed by atoms with van der Waals surface area (Å²) in [4.78, 5) is 14.6. The first kappa shape index (κ1) is 9.01. The number of carboxylic acids is 1. The maximum absolute atomic E-state index is 10.6. The summed E-state index contributed by atoms with van der Waals surface area (Å²) in [6.07, 6.45) is -1.54. The summed E-state index contributed by atoms with van der Waals surface area (Å²) in [7, 11) is 0. The molecule has 0 spiro atoms. The highest BCUT2D eigenvalue weighted by atomic mass is 16.4. The molecule has 1 aliphatic rings. The van der Waals surface area contributed by atoms with E-state index in [-0.39, 0.29) is 5.82 Å². The van der Waals surface area contributed by atoms with E-state index in [0.29, 0.717) is 6.54 Å². The molecule has 6 nitrogen and oxygen atoms in total. The summed E-state index contributed by atoms with van der Waals surface area (Å²) in [5.74, 6) is -0.264. The van der Waals surface area contributed by atoms with Gasteiger partial charge in [-0.2, -0.15) is 0 Å². The number of aliphatic carboxylic acids is 1. The molecule has 14 heavy (non-hydrogen) atoms. The minimum atomic E-state index is -1.54. The minimum Gasteiger partial charge on any atom is -0.479 e. The number of carbonyl (C=O) groups is 1. The average molecular weight is 197 g/mol. The van der Waals surface area contributed by atoms with Crippen molar-refractivity contribution in [1.29, 1.82) is 0 Å². The van der Waals surface area contributed by atoms with Crippen LogP contribution in [0, 0.1) is 6.92 Å². The van der Waals surface area contributed by atoms with Crippen LogP contribution in [0.25, 0.3) is 0 Å². The number of hydrogen-bond acceptors (Lipinski definition) is 4.